The number of thiophene rings is 1. The van der Waals surface area contributed by atoms with Crippen LogP contribution in [0.15, 0.2) is 14.1 Å². The van der Waals surface area contributed by atoms with Crippen molar-refractivity contribution < 1.29 is 8.42 Å². The minimum absolute atomic E-state index is 0.0101. The van der Waals surface area contributed by atoms with Gasteiger partial charge in [0.15, 0.2) is 0 Å². The van der Waals surface area contributed by atoms with Crippen molar-refractivity contribution in [1.82, 2.24) is 4.31 Å². The number of piperidine rings is 1. The van der Waals surface area contributed by atoms with Gasteiger partial charge in [-0.15, -0.1) is 22.9 Å². The zero-order valence-electron chi connectivity index (χ0n) is 10.1. The molecule has 3 nitrogen and oxygen atoms in total. The third-order valence-corrected chi connectivity index (χ3v) is 8.29. The van der Waals surface area contributed by atoms with E-state index in [9.17, 15) is 8.42 Å². The Labute approximate surface area is 136 Å². The van der Waals surface area contributed by atoms with E-state index in [-0.39, 0.29) is 6.04 Å². The Hall–Kier alpha value is 0.670. The van der Waals surface area contributed by atoms with Gasteiger partial charge in [0.1, 0.15) is 4.21 Å². The van der Waals surface area contributed by atoms with Crippen LogP contribution in [-0.2, 0) is 10.0 Å². The minimum Gasteiger partial charge on any atom is -0.206 e. The van der Waals surface area contributed by atoms with Crippen molar-refractivity contribution in [2.75, 3.05) is 12.4 Å². The SMILES string of the molecule is O=S(=O)(c1cc(Cl)c(Br)s1)N1CCCCC1CCCl. The lowest BCUT2D eigenvalue weighted by Gasteiger charge is -2.33. The first-order chi connectivity index (χ1) is 8.96. The Kier molecular flexibility index (Phi) is 5.59. The maximum atomic E-state index is 12.7. The fourth-order valence-electron chi connectivity index (χ4n) is 2.27. The second kappa shape index (κ2) is 6.62. The highest BCUT2D eigenvalue weighted by Gasteiger charge is 2.34. The van der Waals surface area contributed by atoms with Gasteiger partial charge in [0.2, 0.25) is 0 Å². The lowest BCUT2D eigenvalue weighted by atomic mass is 10.0. The van der Waals surface area contributed by atoms with Gasteiger partial charge >= 0.3 is 0 Å². The summed E-state index contributed by atoms with van der Waals surface area (Å²) >= 11 is 16.1. The highest BCUT2D eigenvalue weighted by molar-refractivity contribution is 9.11. The molecule has 108 valence electrons. The molecule has 8 heteroatoms. The zero-order valence-corrected chi connectivity index (χ0v) is 14.8. The standard InChI is InChI=1S/C11H14BrCl2NO2S2/c12-11-9(14)7-10(18-11)19(16,17)15-6-2-1-3-8(15)4-5-13/h7-8H,1-6H2. The van der Waals surface area contributed by atoms with E-state index >= 15 is 0 Å². The fourth-order valence-corrected chi connectivity index (χ4v) is 6.78. The van der Waals surface area contributed by atoms with Crippen molar-refractivity contribution in [2.24, 2.45) is 0 Å². The third kappa shape index (κ3) is 3.47. The van der Waals surface area contributed by atoms with Crippen LogP contribution in [0.5, 0.6) is 0 Å². The van der Waals surface area contributed by atoms with Crippen LogP contribution in [-0.4, -0.2) is 31.2 Å². The number of alkyl halides is 1. The lowest BCUT2D eigenvalue weighted by Crippen LogP contribution is -2.43. The van der Waals surface area contributed by atoms with E-state index < -0.39 is 10.0 Å². The van der Waals surface area contributed by atoms with Crippen LogP contribution in [0.25, 0.3) is 0 Å². The van der Waals surface area contributed by atoms with E-state index in [0.717, 1.165) is 30.6 Å². The summed E-state index contributed by atoms with van der Waals surface area (Å²) in [6.45, 7) is 0.566. The van der Waals surface area contributed by atoms with Crippen molar-refractivity contribution >= 4 is 60.5 Å². The molecule has 1 aromatic heterocycles. The van der Waals surface area contributed by atoms with Crippen LogP contribution in [0.2, 0.25) is 5.02 Å². The lowest BCUT2D eigenvalue weighted by molar-refractivity contribution is 0.248. The van der Waals surface area contributed by atoms with Crippen molar-refractivity contribution in [3.05, 3.63) is 14.9 Å². The van der Waals surface area contributed by atoms with Crippen molar-refractivity contribution in [2.45, 2.75) is 35.9 Å². The summed E-state index contributed by atoms with van der Waals surface area (Å²) in [4.78, 5) is 0. The fraction of sp³-hybridized carbons (Fsp3) is 0.636. The van der Waals surface area contributed by atoms with Crippen LogP contribution in [0.3, 0.4) is 0 Å². The second-order valence-corrected chi connectivity index (χ2v) is 9.70. The van der Waals surface area contributed by atoms with Crippen LogP contribution in [0.1, 0.15) is 25.7 Å². The molecule has 2 rings (SSSR count). The van der Waals surface area contributed by atoms with Crippen LogP contribution >= 0.6 is 50.5 Å². The summed E-state index contributed by atoms with van der Waals surface area (Å²) < 4.78 is 27.8. The molecular formula is C11H14BrCl2NO2S2. The molecule has 1 aliphatic rings. The average Bonchev–Trinajstić information content (AvgIpc) is 2.71. The summed E-state index contributed by atoms with van der Waals surface area (Å²) in [5, 5.41) is 0.439. The number of hydrogen-bond donors (Lipinski definition) is 0. The van der Waals surface area contributed by atoms with E-state index in [2.05, 4.69) is 15.9 Å². The molecule has 0 aliphatic carbocycles. The Balaban J connectivity index is 2.31. The smallest absolute Gasteiger partial charge is 0.206 e. The first-order valence-electron chi connectivity index (χ1n) is 5.99. The Morgan fingerprint density at radius 2 is 2.21 bits per heavy atom. The molecule has 0 radical (unpaired) electrons. The summed E-state index contributed by atoms with van der Waals surface area (Å²) in [5.41, 5.74) is 0. The highest BCUT2D eigenvalue weighted by Crippen LogP contribution is 2.37. The van der Waals surface area contributed by atoms with Crippen LogP contribution < -0.4 is 0 Å². The topological polar surface area (TPSA) is 37.4 Å². The van der Waals surface area contributed by atoms with Gasteiger partial charge in [0.05, 0.1) is 8.81 Å². The van der Waals surface area contributed by atoms with Crippen LogP contribution in [0.4, 0.5) is 0 Å². The number of sulfonamides is 1. The highest BCUT2D eigenvalue weighted by atomic mass is 79.9. The van der Waals surface area contributed by atoms with Gasteiger partial charge in [0, 0.05) is 18.5 Å². The summed E-state index contributed by atoms with van der Waals surface area (Å²) in [5.74, 6) is 0.478. The van der Waals surface area contributed by atoms with E-state index in [1.807, 2.05) is 0 Å². The van der Waals surface area contributed by atoms with E-state index in [1.54, 1.807) is 4.31 Å². The molecule has 0 saturated carbocycles. The maximum absolute atomic E-state index is 12.7. The molecule has 1 unspecified atom stereocenters. The normalized spacial score (nSPS) is 21.7. The Morgan fingerprint density at radius 3 is 2.79 bits per heavy atom. The Morgan fingerprint density at radius 1 is 1.47 bits per heavy atom. The first kappa shape index (κ1) is 16.0. The summed E-state index contributed by atoms with van der Waals surface area (Å²) in [6, 6.07) is 1.52. The van der Waals surface area contributed by atoms with E-state index in [4.69, 9.17) is 23.2 Å². The molecule has 0 bridgehead atoms. The van der Waals surface area contributed by atoms with Gasteiger partial charge in [0.25, 0.3) is 10.0 Å². The van der Waals surface area contributed by atoms with Crippen molar-refractivity contribution in [1.29, 1.82) is 0 Å². The molecule has 2 heterocycles. The number of rotatable bonds is 4. The summed E-state index contributed by atoms with van der Waals surface area (Å²) in [7, 11) is -3.46. The minimum atomic E-state index is -3.46. The van der Waals surface area contributed by atoms with Crippen molar-refractivity contribution in [3.8, 4) is 0 Å². The van der Waals surface area contributed by atoms with Gasteiger partial charge in [-0.2, -0.15) is 4.31 Å². The maximum Gasteiger partial charge on any atom is 0.252 e. The molecule has 0 spiro atoms. The van der Waals surface area contributed by atoms with Gasteiger partial charge in [-0.3, -0.25) is 0 Å². The average molecular weight is 407 g/mol. The van der Waals surface area contributed by atoms with Gasteiger partial charge in [-0.25, -0.2) is 8.42 Å². The van der Waals surface area contributed by atoms with Gasteiger partial charge in [-0.05, 0) is 41.3 Å². The molecule has 0 N–H and O–H groups in total. The number of halogens is 3. The van der Waals surface area contributed by atoms with E-state index in [1.165, 1.54) is 6.07 Å². The molecule has 0 amide bonds. The molecule has 1 aromatic rings. The zero-order chi connectivity index (χ0) is 14.0. The third-order valence-electron chi connectivity index (χ3n) is 3.20. The molecular weight excluding hydrogens is 393 g/mol. The second-order valence-electron chi connectivity index (χ2n) is 4.43. The molecule has 0 aromatic carbocycles. The van der Waals surface area contributed by atoms with Gasteiger partial charge in [-0.1, -0.05) is 18.0 Å². The number of nitrogens with zero attached hydrogens (tertiary/aromatic N) is 1. The molecule has 1 atom stereocenters. The first-order valence-corrected chi connectivity index (χ1v) is 9.95. The van der Waals surface area contributed by atoms with E-state index in [0.29, 0.717) is 31.9 Å². The van der Waals surface area contributed by atoms with Crippen LogP contribution in [0, 0.1) is 0 Å². The van der Waals surface area contributed by atoms with Gasteiger partial charge < -0.3 is 0 Å². The number of hydrogen-bond acceptors (Lipinski definition) is 3. The quantitative estimate of drug-likeness (QED) is 0.697. The molecule has 1 fully saturated rings. The monoisotopic (exact) mass is 405 g/mol. The summed E-state index contributed by atoms with van der Waals surface area (Å²) in [6.07, 6.45) is 3.54. The molecule has 1 saturated heterocycles. The van der Waals surface area contributed by atoms with Crippen molar-refractivity contribution in [3.63, 3.8) is 0 Å². The largest absolute Gasteiger partial charge is 0.252 e. The predicted molar refractivity (Wildman–Crippen MR) is 83.9 cm³/mol. The predicted octanol–water partition coefficient (Wildman–Crippen LogP) is 4.34. The molecule has 1 aliphatic heterocycles. The Bertz CT molecular complexity index is 525. The molecule has 19 heavy (non-hydrogen) atoms.